The summed E-state index contributed by atoms with van der Waals surface area (Å²) in [6, 6.07) is 1.51. The Kier molecular flexibility index (Phi) is 5.02. The molecule has 1 fully saturated rings. The monoisotopic (exact) mass is 484 g/mol. The van der Waals surface area contributed by atoms with E-state index < -0.39 is 33.8 Å². The van der Waals surface area contributed by atoms with E-state index in [2.05, 4.69) is 10.1 Å². The van der Waals surface area contributed by atoms with Crippen LogP contribution in [0.5, 0.6) is 0 Å². The van der Waals surface area contributed by atoms with E-state index in [9.17, 15) is 22.0 Å². The minimum Gasteiger partial charge on any atom is -0.444 e. The first-order chi connectivity index (χ1) is 15.3. The first-order valence-electron chi connectivity index (χ1n) is 9.60. The van der Waals surface area contributed by atoms with Crippen LogP contribution in [0, 0.1) is 11.6 Å². The lowest BCUT2D eigenvalue weighted by molar-refractivity contribution is 0.135. The Morgan fingerprint density at radius 3 is 2.59 bits per heavy atom. The average Bonchev–Trinajstić information content (AvgIpc) is 3.26. The summed E-state index contributed by atoms with van der Waals surface area (Å²) in [5.41, 5.74) is 0.697. The second kappa shape index (κ2) is 7.64. The number of halogens is 3. The molecule has 0 radical (unpaired) electrons. The molecule has 5 rings (SSSR count). The molecule has 0 saturated carbocycles. The molecule has 0 bridgehead atoms. The van der Waals surface area contributed by atoms with E-state index in [-0.39, 0.29) is 59.2 Å². The Morgan fingerprint density at radius 2 is 1.84 bits per heavy atom. The molecule has 13 heteroatoms. The van der Waals surface area contributed by atoms with Crippen molar-refractivity contribution in [2.75, 3.05) is 18.0 Å². The molecule has 9 nitrogen and oxygen atoms in total. The van der Waals surface area contributed by atoms with Gasteiger partial charge in [0.2, 0.25) is 0 Å². The van der Waals surface area contributed by atoms with Gasteiger partial charge in [0, 0.05) is 30.8 Å². The lowest BCUT2D eigenvalue weighted by Crippen LogP contribution is -2.50. The Hall–Kier alpha value is -2.83. The maximum absolute atomic E-state index is 13.8. The smallest absolute Gasteiger partial charge is 0.414 e. The first-order valence-corrected chi connectivity index (χ1v) is 11.4. The minimum atomic E-state index is -4.00. The van der Waals surface area contributed by atoms with Gasteiger partial charge in [-0.2, -0.15) is 4.31 Å². The number of piperidine rings is 1. The number of amides is 1. The van der Waals surface area contributed by atoms with E-state index in [1.807, 2.05) is 0 Å². The molecule has 4 heterocycles. The van der Waals surface area contributed by atoms with Crippen LogP contribution in [0.2, 0.25) is 5.02 Å². The number of cyclic esters (lactones) is 1. The summed E-state index contributed by atoms with van der Waals surface area (Å²) < 4.78 is 65.2. The summed E-state index contributed by atoms with van der Waals surface area (Å²) in [6.45, 7) is -0.00813. The molecule has 3 aromatic rings. The molecular weight excluding hydrogens is 470 g/mol. The molecule has 1 saturated heterocycles. The molecule has 0 atom stereocenters. The lowest BCUT2D eigenvalue weighted by Gasteiger charge is -2.39. The van der Waals surface area contributed by atoms with Crippen LogP contribution in [0.4, 0.5) is 19.3 Å². The fraction of sp³-hybridized carbons (Fsp3) is 0.316. The minimum absolute atomic E-state index is 0.0763. The predicted octanol–water partition coefficient (Wildman–Crippen LogP) is 3.46. The van der Waals surface area contributed by atoms with E-state index in [1.54, 1.807) is 0 Å². The fourth-order valence-electron chi connectivity index (χ4n) is 4.05. The van der Waals surface area contributed by atoms with Crippen molar-refractivity contribution in [3.8, 4) is 0 Å². The van der Waals surface area contributed by atoms with Crippen molar-refractivity contribution >= 4 is 44.4 Å². The topological polar surface area (TPSA) is 106 Å². The molecule has 0 spiro atoms. The molecule has 2 aliphatic heterocycles. The molecule has 1 amide bonds. The lowest BCUT2D eigenvalue weighted by atomic mass is 10.0. The van der Waals surface area contributed by atoms with Crippen LogP contribution < -0.4 is 4.90 Å². The number of hydrogen-bond acceptors (Lipinski definition) is 7. The van der Waals surface area contributed by atoms with Gasteiger partial charge in [0.15, 0.2) is 22.2 Å². The maximum atomic E-state index is 13.8. The van der Waals surface area contributed by atoms with Crippen molar-refractivity contribution in [3.63, 3.8) is 0 Å². The highest BCUT2D eigenvalue weighted by Gasteiger charge is 2.38. The van der Waals surface area contributed by atoms with Gasteiger partial charge in [-0.25, -0.2) is 27.0 Å². The zero-order chi connectivity index (χ0) is 22.6. The van der Waals surface area contributed by atoms with Gasteiger partial charge in [0.25, 0.3) is 10.0 Å². The summed E-state index contributed by atoms with van der Waals surface area (Å²) in [7, 11) is -4.00. The van der Waals surface area contributed by atoms with E-state index in [0.29, 0.717) is 5.56 Å². The predicted molar refractivity (Wildman–Crippen MR) is 108 cm³/mol. The quantitative estimate of drug-likeness (QED) is 0.560. The van der Waals surface area contributed by atoms with Gasteiger partial charge in [0.05, 0.1) is 23.5 Å². The Bertz CT molecular complexity index is 1340. The van der Waals surface area contributed by atoms with Gasteiger partial charge in [-0.15, -0.1) is 0 Å². The number of hydrogen-bond donors (Lipinski definition) is 0. The van der Waals surface area contributed by atoms with Crippen molar-refractivity contribution < 1.29 is 31.3 Å². The summed E-state index contributed by atoms with van der Waals surface area (Å²) in [5, 5.41) is 3.69. The van der Waals surface area contributed by atoms with Gasteiger partial charge in [-0.1, -0.05) is 16.8 Å². The number of carbonyl (C=O) groups is 1. The van der Waals surface area contributed by atoms with E-state index in [4.69, 9.17) is 20.9 Å². The van der Waals surface area contributed by atoms with Crippen LogP contribution in [0.15, 0.2) is 34.1 Å². The Morgan fingerprint density at radius 1 is 1.12 bits per heavy atom. The van der Waals surface area contributed by atoms with Gasteiger partial charge in [-0.05, 0) is 18.9 Å². The van der Waals surface area contributed by atoms with Crippen LogP contribution in [0.25, 0.3) is 11.0 Å². The third-order valence-electron chi connectivity index (χ3n) is 5.61. The van der Waals surface area contributed by atoms with Gasteiger partial charge >= 0.3 is 6.09 Å². The number of rotatable bonds is 3. The number of carbonyl (C=O) groups excluding carboxylic acids is 1. The molecular formula is C19H15ClF2N4O5S. The second-order valence-corrected chi connectivity index (χ2v) is 9.70. The van der Waals surface area contributed by atoms with E-state index in [0.717, 1.165) is 12.1 Å². The third kappa shape index (κ3) is 3.29. The van der Waals surface area contributed by atoms with Crippen LogP contribution in [0.3, 0.4) is 0 Å². The molecule has 0 N–H and O–H groups in total. The normalized spacial score (nSPS) is 18.1. The van der Waals surface area contributed by atoms with Crippen LogP contribution in [-0.2, 0) is 21.4 Å². The number of nitrogens with zero attached hydrogens (tertiary/aromatic N) is 4. The molecule has 2 aromatic heterocycles. The standard InChI is InChI=1S/C19H15ClF2N4O5S/c20-13-8-23-18(12-7-24-31-17(12)13)32(28,29)25-3-1-11(2-4-25)26-16-6-15(22)14(21)5-10(16)9-30-19(26)27/h5-8,11H,1-4,9H2. The average molecular weight is 485 g/mol. The van der Waals surface area contributed by atoms with Crippen LogP contribution in [-0.4, -0.2) is 48.1 Å². The largest absolute Gasteiger partial charge is 0.444 e. The van der Waals surface area contributed by atoms with E-state index >= 15 is 0 Å². The maximum Gasteiger partial charge on any atom is 0.414 e. The second-order valence-electron chi connectivity index (χ2n) is 7.43. The molecule has 2 aliphatic rings. The number of pyridine rings is 1. The summed E-state index contributed by atoms with van der Waals surface area (Å²) in [6.07, 6.45) is 2.25. The Balaban J connectivity index is 1.40. The van der Waals surface area contributed by atoms with Crippen molar-refractivity contribution in [1.82, 2.24) is 14.4 Å². The van der Waals surface area contributed by atoms with E-state index in [1.165, 1.54) is 21.6 Å². The fourth-order valence-corrected chi connectivity index (χ4v) is 5.78. The number of ether oxygens (including phenoxy) is 1. The number of benzene rings is 1. The van der Waals surface area contributed by atoms with Gasteiger partial charge < -0.3 is 9.26 Å². The zero-order valence-electron chi connectivity index (χ0n) is 16.3. The van der Waals surface area contributed by atoms with Crippen LogP contribution in [0.1, 0.15) is 18.4 Å². The van der Waals surface area contributed by atoms with Crippen molar-refractivity contribution in [1.29, 1.82) is 0 Å². The third-order valence-corrected chi connectivity index (χ3v) is 7.74. The highest BCUT2D eigenvalue weighted by atomic mass is 35.5. The SMILES string of the molecule is O=C1OCc2cc(F)c(F)cc2N1C1CCN(S(=O)(=O)c2ncc(Cl)c3oncc23)CC1. The number of anilines is 1. The molecule has 0 aliphatic carbocycles. The zero-order valence-corrected chi connectivity index (χ0v) is 17.9. The molecule has 1 aromatic carbocycles. The highest BCUT2D eigenvalue weighted by Crippen LogP contribution is 2.35. The summed E-state index contributed by atoms with van der Waals surface area (Å²) >= 11 is 5.98. The Labute approximate surface area is 185 Å². The first kappa shape index (κ1) is 21.0. The van der Waals surface area contributed by atoms with Crippen LogP contribution >= 0.6 is 11.6 Å². The molecule has 32 heavy (non-hydrogen) atoms. The number of sulfonamides is 1. The van der Waals surface area contributed by atoms with Gasteiger partial charge in [0.1, 0.15) is 11.6 Å². The molecule has 0 unspecified atom stereocenters. The van der Waals surface area contributed by atoms with Crippen molar-refractivity contribution in [2.45, 2.75) is 30.5 Å². The molecule has 168 valence electrons. The van der Waals surface area contributed by atoms with Gasteiger partial charge in [-0.3, -0.25) is 4.90 Å². The summed E-state index contributed by atoms with van der Waals surface area (Å²) in [4.78, 5) is 17.7. The number of fused-ring (bicyclic) bond motifs is 2. The van der Waals surface area contributed by atoms with Crippen molar-refractivity contribution in [3.05, 3.63) is 46.7 Å². The highest BCUT2D eigenvalue weighted by molar-refractivity contribution is 7.89. The number of aromatic nitrogens is 2. The van der Waals surface area contributed by atoms with Crippen molar-refractivity contribution in [2.24, 2.45) is 0 Å². The summed E-state index contributed by atoms with van der Waals surface area (Å²) in [5.74, 6) is -2.10.